The molecule has 0 radical (unpaired) electrons. The Bertz CT molecular complexity index is 919. The van der Waals surface area contributed by atoms with E-state index in [1.54, 1.807) is 19.2 Å². The molecule has 1 aliphatic rings. The van der Waals surface area contributed by atoms with Crippen LogP contribution in [0, 0.1) is 0 Å². The maximum atomic E-state index is 13.2. The minimum Gasteiger partial charge on any atom is -0.496 e. The number of allylic oxidation sites excluding steroid dienone is 2. The zero-order valence-electron chi connectivity index (χ0n) is 15.6. The molecular formula is C21H20F3NO3. The van der Waals surface area contributed by atoms with Crippen LogP contribution in [0.5, 0.6) is 5.75 Å². The number of halogens is 3. The molecule has 0 spiro atoms. The third kappa shape index (κ3) is 4.03. The van der Waals surface area contributed by atoms with Crippen LogP contribution in [0.2, 0.25) is 0 Å². The number of alkyl halides is 3. The van der Waals surface area contributed by atoms with Gasteiger partial charge in [0.25, 0.3) is 0 Å². The predicted octanol–water partition coefficient (Wildman–Crippen LogP) is 5.38. The van der Waals surface area contributed by atoms with Crippen LogP contribution in [0.1, 0.15) is 53.2 Å². The summed E-state index contributed by atoms with van der Waals surface area (Å²) >= 11 is 0. The van der Waals surface area contributed by atoms with Gasteiger partial charge in [-0.05, 0) is 67.2 Å². The number of ether oxygens (including phenoxy) is 2. The molecule has 0 atom stereocenters. The lowest BCUT2D eigenvalue weighted by Crippen LogP contribution is -2.06. The highest BCUT2D eigenvalue weighted by Gasteiger charge is 2.32. The molecule has 28 heavy (non-hydrogen) atoms. The number of nitrogens with zero attached hydrogens (tertiary/aromatic N) is 1. The molecule has 4 nitrogen and oxygen atoms in total. The molecule has 0 fully saturated rings. The van der Waals surface area contributed by atoms with Crippen LogP contribution < -0.4 is 4.74 Å². The Morgan fingerprint density at radius 2 is 1.89 bits per heavy atom. The number of esters is 1. The monoisotopic (exact) mass is 391 g/mol. The number of benzene rings is 1. The molecule has 1 aromatic heterocycles. The van der Waals surface area contributed by atoms with Crippen molar-refractivity contribution in [2.75, 3.05) is 13.7 Å². The first kappa shape index (κ1) is 19.9. The van der Waals surface area contributed by atoms with Gasteiger partial charge in [0.2, 0.25) is 0 Å². The summed E-state index contributed by atoms with van der Waals surface area (Å²) in [5.74, 6) is -0.0921. The molecule has 0 amide bonds. The van der Waals surface area contributed by atoms with Crippen molar-refractivity contribution in [1.82, 2.24) is 4.98 Å². The van der Waals surface area contributed by atoms with Crippen molar-refractivity contribution in [1.29, 1.82) is 0 Å². The number of hydrogen-bond acceptors (Lipinski definition) is 4. The van der Waals surface area contributed by atoms with Crippen molar-refractivity contribution < 1.29 is 27.4 Å². The zero-order chi connectivity index (χ0) is 20.3. The predicted molar refractivity (Wildman–Crippen MR) is 98.9 cm³/mol. The second kappa shape index (κ2) is 8.04. The first-order valence-electron chi connectivity index (χ1n) is 8.95. The number of carbonyl (C=O) groups excluding carboxylic acids is 1. The Kier molecular flexibility index (Phi) is 5.72. The minimum atomic E-state index is -4.44. The summed E-state index contributed by atoms with van der Waals surface area (Å²) in [6, 6.07) is 5.16. The van der Waals surface area contributed by atoms with E-state index in [9.17, 15) is 18.0 Å². The van der Waals surface area contributed by atoms with Crippen molar-refractivity contribution >= 4 is 17.1 Å². The maximum absolute atomic E-state index is 13.2. The topological polar surface area (TPSA) is 48.4 Å². The van der Waals surface area contributed by atoms with Gasteiger partial charge in [-0.3, -0.25) is 4.98 Å². The highest BCUT2D eigenvalue weighted by molar-refractivity contribution is 5.96. The molecule has 3 rings (SSSR count). The highest BCUT2D eigenvalue weighted by atomic mass is 19.4. The average molecular weight is 391 g/mol. The van der Waals surface area contributed by atoms with E-state index in [0.717, 1.165) is 29.7 Å². The van der Waals surface area contributed by atoms with E-state index in [4.69, 9.17) is 9.47 Å². The lowest BCUT2D eigenvalue weighted by atomic mass is 9.95. The number of aromatic nitrogens is 1. The number of carbonyl (C=O) groups is 1. The summed E-state index contributed by atoms with van der Waals surface area (Å²) < 4.78 is 49.9. The molecule has 1 heterocycles. The van der Waals surface area contributed by atoms with E-state index in [0.29, 0.717) is 35.3 Å². The number of methoxy groups -OCH3 is 1. The quantitative estimate of drug-likeness (QED) is 0.642. The molecule has 7 heteroatoms. The van der Waals surface area contributed by atoms with E-state index < -0.39 is 17.7 Å². The standard InChI is InChI=1S/C21H20F3NO3/c1-3-28-20(26)14-9-13(11-25-12-14)16-5-4-6-17(16)18-10-15(21(22,23)24)7-8-19(18)27-2/h7-12H,3-6H2,1-2H3. The zero-order valence-corrected chi connectivity index (χ0v) is 15.6. The number of pyridine rings is 1. The Balaban J connectivity index is 2.10. The normalized spacial score (nSPS) is 14.3. The third-order valence-electron chi connectivity index (χ3n) is 4.67. The fourth-order valence-electron chi connectivity index (χ4n) is 3.41. The SMILES string of the molecule is CCOC(=O)c1cncc(C2=C(c3cc(C(F)(F)F)ccc3OC)CCC2)c1. The van der Waals surface area contributed by atoms with Gasteiger partial charge in [-0.25, -0.2) is 4.79 Å². The van der Waals surface area contributed by atoms with E-state index in [1.807, 2.05) is 0 Å². The Hall–Kier alpha value is -2.83. The fraction of sp³-hybridized carbons (Fsp3) is 0.333. The van der Waals surface area contributed by atoms with Crippen LogP contribution >= 0.6 is 0 Å². The van der Waals surface area contributed by atoms with Crippen LogP contribution in [0.15, 0.2) is 36.7 Å². The summed E-state index contributed by atoms with van der Waals surface area (Å²) in [6.45, 7) is 1.96. The number of hydrogen-bond donors (Lipinski definition) is 0. The van der Waals surface area contributed by atoms with E-state index in [-0.39, 0.29) is 6.61 Å². The molecule has 148 valence electrons. The van der Waals surface area contributed by atoms with Gasteiger partial charge in [-0.15, -0.1) is 0 Å². The van der Waals surface area contributed by atoms with Gasteiger partial charge in [0.15, 0.2) is 0 Å². The smallest absolute Gasteiger partial charge is 0.416 e. The molecule has 0 saturated heterocycles. The van der Waals surface area contributed by atoms with Crippen molar-refractivity contribution in [2.24, 2.45) is 0 Å². The molecule has 0 saturated carbocycles. The molecule has 1 aliphatic carbocycles. The molecule has 0 aliphatic heterocycles. The second-order valence-corrected chi connectivity index (χ2v) is 6.41. The summed E-state index contributed by atoms with van der Waals surface area (Å²) in [7, 11) is 1.43. The van der Waals surface area contributed by atoms with Crippen LogP contribution in [-0.4, -0.2) is 24.7 Å². The molecular weight excluding hydrogens is 371 g/mol. The summed E-state index contributed by atoms with van der Waals surface area (Å²) in [5.41, 5.74) is 2.38. The molecule has 1 aromatic carbocycles. The van der Waals surface area contributed by atoms with Gasteiger partial charge in [0.1, 0.15) is 5.75 Å². The van der Waals surface area contributed by atoms with Gasteiger partial charge in [-0.1, -0.05) is 0 Å². The van der Waals surface area contributed by atoms with E-state index >= 15 is 0 Å². The Morgan fingerprint density at radius 1 is 1.14 bits per heavy atom. The molecule has 0 N–H and O–H groups in total. The van der Waals surface area contributed by atoms with E-state index in [1.165, 1.54) is 19.4 Å². The van der Waals surface area contributed by atoms with Gasteiger partial charge in [0.05, 0.1) is 24.8 Å². The van der Waals surface area contributed by atoms with Crippen LogP contribution in [-0.2, 0) is 10.9 Å². The van der Waals surface area contributed by atoms with Crippen LogP contribution in [0.3, 0.4) is 0 Å². The van der Waals surface area contributed by atoms with Crippen molar-refractivity contribution in [3.63, 3.8) is 0 Å². The van der Waals surface area contributed by atoms with Gasteiger partial charge in [-0.2, -0.15) is 13.2 Å². The number of rotatable bonds is 5. The molecule has 0 unspecified atom stereocenters. The van der Waals surface area contributed by atoms with E-state index in [2.05, 4.69) is 4.98 Å². The van der Waals surface area contributed by atoms with Crippen LogP contribution in [0.4, 0.5) is 13.2 Å². The Morgan fingerprint density at radius 3 is 2.57 bits per heavy atom. The summed E-state index contributed by atoms with van der Waals surface area (Å²) in [4.78, 5) is 16.1. The second-order valence-electron chi connectivity index (χ2n) is 6.41. The maximum Gasteiger partial charge on any atom is 0.416 e. The highest BCUT2D eigenvalue weighted by Crippen LogP contribution is 2.44. The Labute approximate surface area is 161 Å². The molecule has 0 bridgehead atoms. The lowest BCUT2D eigenvalue weighted by molar-refractivity contribution is -0.137. The summed E-state index contributed by atoms with van der Waals surface area (Å²) in [5, 5.41) is 0. The van der Waals surface area contributed by atoms with Gasteiger partial charge in [0, 0.05) is 18.0 Å². The summed E-state index contributed by atoms with van der Waals surface area (Å²) in [6.07, 6.45) is 0.698. The third-order valence-corrected chi connectivity index (χ3v) is 4.67. The van der Waals surface area contributed by atoms with Gasteiger partial charge >= 0.3 is 12.1 Å². The van der Waals surface area contributed by atoms with Crippen molar-refractivity contribution in [3.8, 4) is 5.75 Å². The fourth-order valence-corrected chi connectivity index (χ4v) is 3.41. The average Bonchev–Trinajstić information content (AvgIpc) is 3.16. The van der Waals surface area contributed by atoms with Crippen molar-refractivity contribution in [2.45, 2.75) is 32.4 Å². The molecule has 2 aromatic rings. The largest absolute Gasteiger partial charge is 0.496 e. The first-order valence-corrected chi connectivity index (χ1v) is 8.95. The lowest BCUT2D eigenvalue weighted by Gasteiger charge is -2.15. The van der Waals surface area contributed by atoms with Gasteiger partial charge < -0.3 is 9.47 Å². The minimum absolute atomic E-state index is 0.248. The van der Waals surface area contributed by atoms with Crippen LogP contribution in [0.25, 0.3) is 11.1 Å². The van der Waals surface area contributed by atoms with Crippen molar-refractivity contribution in [3.05, 3.63) is 58.9 Å². The first-order chi connectivity index (χ1) is 13.3.